The number of anilines is 1. The first-order valence-corrected chi connectivity index (χ1v) is 8.40. The Hall–Kier alpha value is -3.07. The van der Waals surface area contributed by atoms with E-state index in [2.05, 4.69) is 15.2 Å². The van der Waals surface area contributed by atoms with Crippen LogP contribution in [0.4, 0.5) is 5.88 Å². The Balaban J connectivity index is 1.64. The van der Waals surface area contributed by atoms with Gasteiger partial charge in [0.05, 0.1) is 0 Å². The molecule has 0 spiro atoms. The topological polar surface area (TPSA) is 82.2 Å². The molecular formula is C19H20N4O2. The maximum atomic E-state index is 12.2. The van der Waals surface area contributed by atoms with Crippen molar-refractivity contribution in [3.8, 4) is 6.07 Å². The maximum Gasteiger partial charge on any atom is 0.262 e. The highest BCUT2D eigenvalue weighted by molar-refractivity contribution is 6.01. The first kappa shape index (κ1) is 16.8. The lowest BCUT2D eigenvalue weighted by Crippen LogP contribution is -2.28. The molecule has 2 aromatic heterocycles. The lowest BCUT2D eigenvalue weighted by Gasteiger charge is -2.25. The van der Waals surface area contributed by atoms with Gasteiger partial charge in [-0.3, -0.25) is 9.78 Å². The number of carbonyl (C=O) groups is 1. The largest absolute Gasteiger partial charge is 0.441 e. The van der Waals surface area contributed by atoms with E-state index in [0.29, 0.717) is 12.3 Å². The predicted octanol–water partition coefficient (Wildman–Crippen LogP) is 2.89. The number of carbonyl (C=O) groups excluding carboxylic acids is 1. The van der Waals surface area contributed by atoms with Gasteiger partial charge in [0.15, 0.2) is 5.88 Å². The van der Waals surface area contributed by atoms with Gasteiger partial charge in [0.25, 0.3) is 5.91 Å². The van der Waals surface area contributed by atoms with E-state index >= 15 is 0 Å². The molecule has 3 rings (SSSR count). The fourth-order valence-corrected chi connectivity index (χ4v) is 2.78. The third-order valence-electron chi connectivity index (χ3n) is 4.11. The molecule has 6 heteroatoms. The molecule has 25 heavy (non-hydrogen) atoms. The molecule has 2 aromatic rings. The lowest BCUT2D eigenvalue weighted by atomic mass is 10.1. The minimum Gasteiger partial charge on any atom is -0.441 e. The van der Waals surface area contributed by atoms with Gasteiger partial charge in [-0.2, -0.15) is 5.26 Å². The van der Waals surface area contributed by atoms with Crippen LogP contribution in [-0.4, -0.2) is 24.0 Å². The lowest BCUT2D eigenvalue weighted by molar-refractivity contribution is -0.117. The Morgan fingerprint density at radius 1 is 1.32 bits per heavy atom. The monoisotopic (exact) mass is 336 g/mol. The van der Waals surface area contributed by atoms with Crippen molar-refractivity contribution in [1.82, 2.24) is 10.3 Å². The van der Waals surface area contributed by atoms with Gasteiger partial charge in [0, 0.05) is 44.2 Å². The van der Waals surface area contributed by atoms with Crippen molar-refractivity contribution in [1.29, 1.82) is 5.26 Å². The number of rotatable bonds is 5. The number of amides is 1. The zero-order valence-electron chi connectivity index (χ0n) is 13.9. The summed E-state index contributed by atoms with van der Waals surface area (Å²) in [6, 6.07) is 9.27. The van der Waals surface area contributed by atoms with E-state index in [1.807, 2.05) is 18.2 Å². The summed E-state index contributed by atoms with van der Waals surface area (Å²) in [6.07, 6.45) is 8.39. The van der Waals surface area contributed by atoms with Crippen LogP contribution in [0.5, 0.6) is 0 Å². The quantitative estimate of drug-likeness (QED) is 0.670. The Morgan fingerprint density at radius 2 is 2.16 bits per heavy atom. The first-order valence-electron chi connectivity index (χ1n) is 8.40. The molecule has 6 nitrogen and oxygen atoms in total. The SMILES string of the molecule is N#C/C(=C\c1ccc(N2CCCCC2)o1)C(=O)NCc1cccnc1. The molecule has 128 valence electrons. The molecular weight excluding hydrogens is 316 g/mol. The Labute approximate surface area is 146 Å². The molecule has 1 amide bonds. The molecule has 0 bridgehead atoms. The third kappa shape index (κ3) is 4.48. The second-order valence-corrected chi connectivity index (χ2v) is 5.94. The van der Waals surface area contributed by atoms with E-state index in [-0.39, 0.29) is 5.57 Å². The van der Waals surface area contributed by atoms with Crippen LogP contribution < -0.4 is 10.2 Å². The highest BCUT2D eigenvalue weighted by Crippen LogP contribution is 2.23. The number of nitrogens with zero attached hydrogens (tertiary/aromatic N) is 3. The summed E-state index contributed by atoms with van der Waals surface area (Å²) in [5.41, 5.74) is 0.891. The Bertz CT molecular complexity index is 783. The van der Waals surface area contributed by atoms with Gasteiger partial charge in [-0.1, -0.05) is 6.07 Å². The number of aromatic nitrogens is 1. The van der Waals surface area contributed by atoms with Crippen molar-refractivity contribution in [3.05, 3.63) is 53.6 Å². The average Bonchev–Trinajstić information content (AvgIpc) is 3.14. The van der Waals surface area contributed by atoms with Crippen LogP contribution in [0.25, 0.3) is 6.08 Å². The molecule has 0 unspecified atom stereocenters. The van der Waals surface area contributed by atoms with Crippen LogP contribution in [0, 0.1) is 11.3 Å². The third-order valence-corrected chi connectivity index (χ3v) is 4.11. The van der Waals surface area contributed by atoms with Crippen molar-refractivity contribution in [2.75, 3.05) is 18.0 Å². The first-order chi connectivity index (χ1) is 12.3. The van der Waals surface area contributed by atoms with Crippen molar-refractivity contribution >= 4 is 17.9 Å². The molecule has 0 aliphatic carbocycles. The predicted molar refractivity (Wildman–Crippen MR) is 94.4 cm³/mol. The number of hydrogen-bond donors (Lipinski definition) is 1. The highest BCUT2D eigenvalue weighted by Gasteiger charge is 2.15. The van der Waals surface area contributed by atoms with Crippen molar-refractivity contribution in [2.45, 2.75) is 25.8 Å². The van der Waals surface area contributed by atoms with Crippen LogP contribution in [0.3, 0.4) is 0 Å². The number of hydrogen-bond acceptors (Lipinski definition) is 5. The number of furan rings is 1. The fourth-order valence-electron chi connectivity index (χ4n) is 2.78. The van der Waals surface area contributed by atoms with E-state index in [9.17, 15) is 10.1 Å². The average molecular weight is 336 g/mol. The smallest absolute Gasteiger partial charge is 0.262 e. The second kappa shape index (κ2) is 8.15. The van der Waals surface area contributed by atoms with Crippen molar-refractivity contribution in [3.63, 3.8) is 0 Å². The summed E-state index contributed by atoms with van der Waals surface area (Å²) in [5.74, 6) is 0.870. The number of pyridine rings is 1. The molecule has 1 saturated heterocycles. The van der Waals surface area contributed by atoms with Crippen LogP contribution in [-0.2, 0) is 11.3 Å². The zero-order chi connectivity index (χ0) is 17.5. The van der Waals surface area contributed by atoms with E-state index in [1.165, 1.54) is 12.5 Å². The van der Waals surface area contributed by atoms with E-state index < -0.39 is 5.91 Å². The summed E-state index contributed by atoms with van der Waals surface area (Å²) >= 11 is 0. The normalized spacial score (nSPS) is 14.8. The molecule has 0 radical (unpaired) electrons. The van der Waals surface area contributed by atoms with E-state index in [4.69, 9.17) is 4.42 Å². The number of piperidine rings is 1. The molecule has 3 heterocycles. The van der Waals surface area contributed by atoms with Gasteiger partial charge in [0.1, 0.15) is 17.4 Å². The number of nitrogens with one attached hydrogen (secondary N) is 1. The van der Waals surface area contributed by atoms with Gasteiger partial charge >= 0.3 is 0 Å². The summed E-state index contributed by atoms with van der Waals surface area (Å²) in [6.45, 7) is 2.28. The summed E-state index contributed by atoms with van der Waals surface area (Å²) in [4.78, 5) is 18.4. The van der Waals surface area contributed by atoms with E-state index in [1.54, 1.807) is 24.5 Å². The van der Waals surface area contributed by atoms with Gasteiger partial charge in [0.2, 0.25) is 0 Å². The second-order valence-electron chi connectivity index (χ2n) is 5.94. The standard InChI is InChI=1S/C19H20N4O2/c20-12-16(19(24)22-14-15-5-4-8-21-13-15)11-17-6-7-18(25-17)23-9-2-1-3-10-23/h4-8,11,13H,1-3,9-10,14H2,(H,22,24)/b16-11+. The minimum atomic E-state index is -0.428. The molecule has 1 fully saturated rings. The molecule has 0 atom stereocenters. The van der Waals surface area contributed by atoms with Gasteiger partial charge in [-0.25, -0.2) is 0 Å². The Kier molecular flexibility index (Phi) is 5.47. The molecule has 1 N–H and O–H groups in total. The summed E-state index contributed by atoms with van der Waals surface area (Å²) in [5, 5.41) is 12.0. The van der Waals surface area contributed by atoms with Crippen LogP contribution in [0.1, 0.15) is 30.6 Å². The van der Waals surface area contributed by atoms with Gasteiger partial charge < -0.3 is 14.6 Å². The fraction of sp³-hybridized carbons (Fsp3) is 0.316. The summed E-state index contributed by atoms with van der Waals surface area (Å²) in [7, 11) is 0. The minimum absolute atomic E-state index is 0.0171. The van der Waals surface area contributed by atoms with Gasteiger partial charge in [-0.05, 0) is 37.0 Å². The maximum absolute atomic E-state index is 12.2. The van der Waals surface area contributed by atoms with Crippen LogP contribution in [0.15, 0.2) is 46.6 Å². The van der Waals surface area contributed by atoms with Crippen LogP contribution in [0.2, 0.25) is 0 Å². The van der Waals surface area contributed by atoms with Crippen molar-refractivity contribution < 1.29 is 9.21 Å². The van der Waals surface area contributed by atoms with Gasteiger partial charge in [-0.15, -0.1) is 0 Å². The number of nitriles is 1. The molecule has 1 aliphatic rings. The molecule has 0 aromatic carbocycles. The highest BCUT2D eigenvalue weighted by atomic mass is 16.4. The zero-order valence-corrected chi connectivity index (χ0v) is 13.9. The summed E-state index contributed by atoms with van der Waals surface area (Å²) < 4.78 is 5.78. The molecule has 0 saturated carbocycles. The molecule has 1 aliphatic heterocycles. The van der Waals surface area contributed by atoms with Crippen LogP contribution >= 0.6 is 0 Å². The Morgan fingerprint density at radius 3 is 2.88 bits per heavy atom. The van der Waals surface area contributed by atoms with Crippen molar-refractivity contribution in [2.24, 2.45) is 0 Å². The van der Waals surface area contributed by atoms with E-state index in [0.717, 1.165) is 37.4 Å².